The first kappa shape index (κ1) is 11.7. The summed E-state index contributed by atoms with van der Waals surface area (Å²) < 4.78 is 0. The van der Waals surface area contributed by atoms with Crippen molar-refractivity contribution in [3.8, 4) is 0 Å². The number of carbonyl (C=O) groups is 2. The van der Waals surface area contributed by atoms with Gasteiger partial charge in [-0.1, -0.05) is 19.1 Å². The van der Waals surface area contributed by atoms with Crippen molar-refractivity contribution in [1.29, 1.82) is 0 Å². The fraction of sp³-hybridized carbons (Fsp3) is 0.273. The number of carbonyl (C=O) groups excluding carboxylic acids is 2. The van der Waals surface area contributed by atoms with E-state index in [1.165, 1.54) is 6.20 Å². The SMILES string of the molecule is CC(CN1C(=O)c2cccnc2C1=O)C(N)=S. The Labute approximate surface area is 104 Å². The van der Waals surface area contributed by atoms with Crippen molar-refractivity contribution in [2.24, 2.45) is 11.7 Å². The van der Waals surface area contributed by atoms with Crippen LogP contribution in [0.4, 0.5) is 0 Å². The lowest BCUT2D eigenvalue weighted by Crippen LogP contribution is -2.37. The minimum Gasteiger partial charge on any atom is -0.393 e. The average Bonchev–Trinajstić information content (AvgIpc) is 2.55. The number of hydrogen-bond acceptors (Lipinski definition) is 4. The molecule has 0 aromatic carbocycles. The van der Waals surface area contributed by atoms with E-state index in [0.29, 0.717) is 5.56 Å². The Hall–Kier alpha value is -1.82. The van der Waals surface area contributed by atoms with E-state index in [0.717, 1.165) is 4.90 Å². The monoisotopic (exact) mass is 249 g/mol. The highest BCUT2D eigenvalue weighted by molar-refractivity contribution is 7.80. The Morgan fingerprint density at radius 1 is 1.53 bits per heavy atom. The van der Waals surface area contributed by atoms with Gasteiger partial charge in [-0.2, -0.15) is 0 Å². The number of fused-ring (bicyclic) bond motifs is 1. The van der Waals surface area contributed by atoms with Crippen LogP contribution >= 0.6 is 12.2 Å². The minimum atomic E-state index is -0.381. The van der Waals surface area contributed by atoms with Gasteiger partial charge >= 0.3 is 0 Å². The third kappa shape index (κ3) is 1.91. The Morgan fingerprint density at radius 3 is 2.82 bits per heavy atom. The molecule has 0 saturated carbocycles. The first-order chi connectivity index (χ1) is 8.02. The average molecular weight is 249 g/mol. The smallest absolute Gasteiger partial charge is 0.280 e. The zero-order valence-electron chi connectivity index (χ0n) is 9.21. The van der Waals surface area contributed by atoms with E-state index in [1.54, 1.807) is 19.1 Å². The van der Waals surface area contributed by atoms with Crippen LogP contribution in [0.15, 0.2) is 18.3 Å². The first-order valence-corrected chi connectivity index (χ1v) is 5.53. The number of amides is 2. The molecular weight excluding hydrogens is 238 g/mol. The van der Waals surface area contributed by atoms with E-state index in [9.17, 15) is 9.59 Å². The number of thiocarbonyl (C=S) groups is 1. The van der Waals surface area contributed by atoms with Gasteiger partial charge in [-0.25, -0.2) is 0 Å². The van der Waals surface area contributed by atoms with Gasteiger partial charge in [-0.05, 0) is 12.1 Å². The number of nitrogens with zero attached hydrogens (tertiary/aromatic N) is 2. The second kappa shape index (κ2) is 4.21. The summed E-state index contributed by atoms with van der Waals surface area (Å²) in [6, 6.07) is 3.22. The maximum absolute atomic E-state index is 11.9. The molecule has 0 radical (unpaired) electrons. The van der Waals surface area contributed by atoms with E-state index in [-0.39, 0.29) is 35.0 Å². The maximum atomic E-state index is 11.9. The molecule has 2 N–H and O–H groups in total. The molecule has 1 aliphatic heterocycles. The molecule has 2 heterocycles. The summed E-state index contributed by atoms with van der Waals surface area (Å²) in [6.07, 6.45) is 1.49. The van der Waals surface area contributed by atoms with Crippen LogP contribution in [0.2, 0.25) is 0 Å². The zero-order valence-corrected chi connectivity index (χ0v) is 10.0. The van der Waals surface area contributed by atoms with Crippen LogP contribution in [-0.2, 0) is 0 Å². The summed E-state index contributed by atoms with van der Waals surface area (Å²) in [5.74, 6) is -0.915. The van der Waals surface area contributed by atoms with Crippen LogP contribution in [-0.4, -0.2) is 33.2 Å². The molecule has 5 nitrogen and oxygen atoms in total. The Bertz CT molecular complexity index is 480. The molecule has 0 aliphatic carbocycles. The largest absolute Gasteiger partial charge is 0.393 e. The number of hydrogen-bond donors (Lipinski definition) is 1. The van der Waals surface area contributed by atoms with Crippen molar-refractivity contribution in [2.75, 3.05) is 6.54 Å². The first-order valence-electron chi connectivity index (χ1n) is 5.13. The fourth-order valence-electron chi connectivity index (χ4n) is 1.64. The van der Waals surface area contributed by atoms with Crippen molar-refractivity contribution in [3.05, 3.63) is 29.6 Å². The molecule has 1 unspecified atom stereocenters. The van der Waals surface area contributed by atoms with E-state index in [1.807, 2.05) is 0 Å². The molecule has 0 spiro atoms. The van der Waals surface area contributed by atoms with Gasteiger partial charge in [0.25, 0.3) is 11.8 Å². The molecule has 1 atom stereocenters. The lowest BCUT2D eigenvalue weighted by Gasteiger charge is -2.17. The van der Waals surface area contributed by atoms with Crippen molar-refractivity contribution >= 4 is 29.0 Å². The summed E-state index contributed by atoms with van der Waals surface area (Å²) in [5.41, 5.74) is 6.02. The molecule has 0 bridgehead atoms. The second-order valence-electron chi connectivity index (χ2n) is 3.92. The molecular formula is C11H11N3O2S. The summed E-state index contributed by atoms with van der Waals surface area (Å²) in [5, 5.41) is 0. The molecule has 6 heteroatoms. The maximum Gasteiger partial charge on any atom is 0.280 e. The van der Waals surface area contributed by atoms with Crippen LogP contribution in [0.5, 0.6) is 0 Å². The lowest BCUT2D eigenvalue weighted by atomic mass is 10.1. The van der Waals surface area contributed by atoms with Gasteiger partial charge in [0, 0.05) is 18.7 Å². The molecule has 1 aliphatic rings. The van der Waals surface area contributed by atoms with Crippen molar-refractivity contribution in [1.82, 2.24) is 9.88 Å². The normalized spacial score (nSPS) is 15.9. The molecule has 1 aromatic rings. The summed E-state index contributed by atoms with van der Waals surface area (Å²) in [7, 11) is 0. The van der Waals surface area contributed by atoms with Gasteiger partial charge in [0.15, 0.2) is 0 Å². The number of imide groups is 1. The predicted molar refractivity (Wildman–Crippen MR) is 65.6 cm³/mol. The summed E-state index contributed by atoms with van der Waals surface area (Å²) in [4.78, 5) is 29.2. The predicted octanol–water partition coefficient (Wildman–Crippen LogP) is 0.600. The van der Waals surface area contributed by atoms with Crippen LogP contribution in [0.3, 0.4) is 0 Å². The third-order valence-electron chi connectivity index (χ3n) is 2.67. The Balaban J connectivity index is 2.27. The molecule has 17 heavy (non-hydrogen) atoms. The van der Waals surface area contributed by atoms with Crippen molar-refractivity contribution < 1.29 is 9.59 Å². The molecule has 0 fully saturated rings. The highest BCUT2D eigenvalue weighted by Crippen LogP contribution is 2.21. The summed E-state index contributed by atoms with van der Waals surface area (Å²) >= 11 is 4.83. The Kier molecular flexibility index (Phi) is 2.89. The molecule has 88 valence electrons. The Morgan fingerprint density at radius 2 is 2.24 bits per heavy atom. The van der Waals surface area contributed by atoms with Crippen molar-refractivity contribution in [3.63, 3.8) is 0 Å². The number of aromatic nitrogens is 1. The van der Waals surface area contributed by atoms with Gasteiger partial charge in [0.1, 0.15) is 5.69 Å². The quantitative estimate of drug-likeness (QED) is 0.627. The number of pyridine rings is 1. The van der Waals surface area contributed by atoms with Gasteiger partial charge in [0.2, 0.25) is 0 Å². The molecule has 1 aromatic heterocycles. The van der Waals surface area contributed by atoms with Gasteiger partial charge in [0.05, 0.1) is 10.6 Å². The molecule has 2 rings (SSSR count). The highest BCUT2D eigenvalue weighted by Gasteiger charge is 2.37. The van der Waals surface area contributed by atoms with Gasteiger partial charge < -0.3 is 5.73 Å². The summed E-state index contributed by atoms with van der Waals surface area (Å²) in [6.45, 7) is 1.97. The third-order valence-corrected chi connectivity index (χ3v) is 3.08. The van der Waals surface area contributed by atoms with Crippen LogP contribution in [0.1, 0.15) is 27.8 Å². The van der Waals surface area contributed by atoms with Gasteiger partial charge in [-0.3, -0.25) is 19.5 Å². The lowest BCUT2D eigenvalue weighted by molar-refractivity contribution is 0.0643. The van der Waals surface area contributed by atoms with E-state index in [4.69, 9.17) is 18.0 Å². The highest BCUT2D eigenvalue weighted by atomic mass is 32.1. The number of rotatable bonds is 3. The zero-order chi connectivity index (χ0) is 12.6. The van der Waals surface area contributed by atoms with Crippen LogP contribution < -0.4 is 5.73 Å². The van der Waals surface area contributed by atoms with Crippen LogP contribution in [0, 0.1) is 5.92 Å². The molecule has 2 amide bonds. The topological polar surface area (TPSA) is 76.3 Å². The molecule has 0 saturated heterocycles. The standard InChI is InChI=1S/C11H11N3O2S/c1-6(9(12)17)5-14-10(15)7-3-2-4-13-8(7)11(14)16/h2-4,6H,5H2,1H3,(H2,12,17). The fourth-order valence-corrected chi connectivity index (χ4v) is 1.72. The van der Waals surface area contributed by atoms with E-state index < -0.39 is 0 Å². The second-order valence-corrected chi connectivity index (χ2v) is 4.40. The van der Waals surface area contributed by atoms with Crippen molar-refractivity contribution in [2.45, 2.75) is 6.92 Å². The van der Waals surface area contributed by atoms with Gasteiger partial charge in [-0.15, -0.1) is 0 Å². The minimum absolute atomic E-state index is 0.198. The van der Waals surface area contributed by atoms with Crippen LogP contribution in [0.25, 0.3) is 0 Å². The van der Waals surface area contributed by atoms with E-state index >= 15 is 0 Å². The van der Waals surface area contributed by atoms with E-state index in [2.05, 4.69) is 4.98 Å². The number of nitrogens with two attached hydrogens (primary N) is 1.